The lowest BCUT2D eigenvalue weighted by atomic mass is 10.0. The topological polar surface area (TPSA) is 46.6 Å². The van der Waals surface area contributed by atoms with Gasteiger partial charge in [-0.3, -0.25) is 4.79 Å². The van der Waals surface area contributed by atoms with Crippen molar-refractivity contribution in [1.29, 1.82) is 0 Å². The fourth-order valence-corrected chi connectivity index (χ4v) is 3.09. The zero-order valence-electron chi connectivity index (χ0n) is 12.1. The summed E-state index contributed by atoms with van der Waals surface area (Å²) in [6.45, 7) is 4.33. The van der Waals surface area contributed by atoms with Crippen LogP contribution >= 0.6 is 15.9 Å². The minimum absolute atomic E-state index is 0.0815. The fraction of sp³-hybridized carbons (Fsp3) is 0.176. The van der Waals surface area contributed by atoms with Crippen LogP contribution in [0.25, 0.3) is 10.8 Å². The molecule has 0 unspecified atom stereocenters. The largest absolute Gasteiger partial charge is 0.466 e. The number of amides is 1. The lowest BCUT2D eigenvalue weighted by molar-refractivity contribution is -0.136. The number of hydrogen-bond acceptors (Lipinski definition) is 3. The van der Waals surface area contributed by atoms with E-state index in [-0.39, 0.29) is 18.0 Å². The Hall–Kier alpha value is -2.14. The third-order valence-electron chi connectivity index (χ3n) is 3.82. The molecule has 0 spiro atoms. The normalized spacial score (nSPS) is 13.4. The van der Waals surface area contributed by atoms with Gasteiger partial charge in [0.1, 0.15) is 0 Å². The van der Waals surface area contributed by atoms with Crippen LogP contribution in [-0.4, -0.2) is 30.4 Å². The van der Waals surface area contributed by atoms with Crippen LogP contribution in [0.4, 0.5) is 0 Å². The fourth-order valence-electron chi connectivity index (χ4n) is 2.72. The maximum atomic E-state index is 12.5. The number of carbonyl (C=O) groups excluding carboxylic acids is 2. The predicted molar refractivity (Wildman–Crippen MR) is 87.5 cm³/mol. The minimum Gasteiger partial charge on any atom is -0.466 e. The Morgan fingerprint density at radius 3 is 2.82 bits per heavy atom. The first-order valence-electron chi connectivity index (χ1n) is 6.78. The molecular formula is C17H14BrNO3. The average molecular weight is 360 g/mol. The first-order chi connectivity index (χ1) is 10.5. The van der Waals surface area contributed by atoms with Gasteiger partial charge in [0.2, 0.25) is 0 Å². The second-order valence-corrected chi connectivity index (χ2v) is 6.13. The molecule has 4 nitrogen and oxygen atoms in total. The summed E-state index contributed by atoms with van der Waals surface area (Å²) in [5, 5.41) is 2.13. The summed E-state index contributed by atoms with van der Waals surface area (Å²) in [5.41, 5.74) is 1.94. The lowest BCUT2D eigenvalue weighted by Gasteiger charge is -2.16. The Morgan fingerprint density at radius 1 is 1.36 bits per heavy atom. The zero-order valence-corrected chi connectivity index (χ0v) is 13.6. The Balaban J connectivity index is 1.96. The van der Waals surface area contributed by atoms with Gasteiger partial charge in [-0.25, -0.2) is 4.79 Å². The summed E-state index contributed by atoms with van der Waals surface area (Å²) >= 11 is 3.47. The number of methoxy groups -OCH3 is 1. The number of hydrogen-bond donors (Lipinski definition) is 0. The first kappa shape index (κ1) is 14.8. The van der Waals surface area contributed by atoms with Gasteiger partial charge in [-0.1, -0.05) is 34.6 Å². The summed E-state index contributed by atoms with van der Waals surface area (Å²) in [5.74, 6) is -0.571. The third-order valence-corrected chi connectivity index (χ3v) is 4.31. The summed E-state index contributed by atoms with van der Waals surface area (Å²) in [6.07, 6.45) is 0. The van der Waals surface area contributed by atoms with E-state index in [0.717, 1.165) is 20.8 Å². The molecule has 0 atom stereocenters. The van der Waals surface area contributed by atoms with E-state index in [4.69, 9.17) is 0 Å². The molecule has 3 rings (SSSR count). The molecule has 0 saturated heterocycles. The van der Waals surface area contributed by atoms with Crippen LogP contribution in [0.1, 0.15) is 15.9 Å². The van der Waals surface area contributed by atoms with E-state index in [1.807, 2.05) is 30.3 Å². The number of fused-ring (bicyclic) bond motifs is 3. The summed E-state index contributed by atoms with van der Waals surface area (Å²) in [7, 11) is 1.30. The maximum Gasteiger partial charge on any atom is 0.334 e. The van der Waals surface area contributed by atoms with Crippen molar-refractivity contribution in [2.24, 2.45) is 0 Å². The predicted octanol–water partition coefficient (Wildman–Crippen LogP) is 3.29. The van der Waals surface area contributed by atoms with Crippen LogP contribution < -0.4 is 0 Å². The van der Waals surface area contributed by atoms with Crippen LogP contribution in [0.15, 0.2) is 47.0 Å². The average Bonchev–Trinajstić information content (AvgIpc) is 2.83. The van der Waals surface area contributed by atoms with E-state index < -0.39 is 5.97 Å². The van der Waals surface area contributed by atoms with Crippen LogP contribution in [0.2, 0.25) is 0 Å². The molecule has 1 aliphatic rings. The smallest absolute Gasteiger partial charge is 0.334 e. The highest BCUT2D eigenvalue weighted by atomic mass is 79.9. The quantitative estimate of drug-likeness (QED) is 0.623. The van der Waals surface area contributed by atoms with Crippen molar-refractivity contribution in [3.05, 3.63) is 58.1 Å². The maximum absolute atomic E-state index is 12.5. The van der Waals surface area contributed by atoms with E-state index in [2.05, 4.69) is 27.2 Å². The van der Waals surface area contributed by atoms with E-state index in [1.54, 1.807) is 4.90 Å². The van der Waals surface area contributed by atoms with E-state index in [0.29, 0.717) is 12.1 Å². The van der Waals surface area contributed by atoms with Gasteiger partial charge < -0.3 is 9.64 Å². The van der Waals surface area contributed by atoms with E-state index in [9.17, 15) is 9.59 Å². The molecule has 1 aliphatic heterocycles. The second-order valence-electron chi connectivity index (χ2n) is 5.21. The Kier molecular flexibility index (Phi) is 3.74. The monoisotopic (exact) mass is 359 g/mol. The SMILES string of the molecule is C=C(CN1Cc2c(ccc3ccc(Br)cc23)C1=O)C(=O)OC. The first-order valence-corrected chi connectivity index (χ1v) is 7.57. The second kappa shape index (κ2) is 5.57. The van der Waals surface area contributed by atoms with Gasteiger partial charge in [0.25, 0.3) is 5.91 Å². The Bertz CT molecular complexity index is 813. The van der Waals surface area contributed by atoms with Crippen molar-refractivity contribution in [1.82, 2.24) is 4.90 Å². The van der Waals surface area contributed by atoms with Gasteiger partial charge >= 0.3 is 5.97 Å². The number of esters is 1. The molecule has 0 aliphatic carbocycles. The minimum atomic E-state index is -0.489. The van der Waals surface area contributed by atoms with E-state index in [1.165, 1.54) is 7.11 Å². The molecule has 2 aromatic rings. The van der Waals surface area contributed by atoms with Crippen molar-refractivity contribution < 1.29 is 14.3 Å². The molecule has 0 bridgehead atoms. The number of nitrogens with zero attached hydrogens (tertiary/aromatic N) is 1. The highest BCUT2D eigenvalue weighted by molar-refractivity contribution is 9.10. The molecule has 1 heterocycles. The van der Waals surface area contributed by atoms with Crippen LogP contribution in [0.3, 0.4) is 0 Å². The molecular weight excluding hydrogens is 346 g/mol. The van der Waals surface area contributed by atoms with Crippen molar-refractivity contribution >= 4 is 38.6 Å². The molecule has 1 amide bonds. The van der Waals surface area contributed by atoms with Gasteiger partial charge in [0.05, 0.1) is 13.7 Å². The molecule has 2 aromatic carbocycles. The number of benzene rings is 2. The number of rotatable bonds is 3. The standard InChI is InChI=1S/C17H14BrNO3/c1-10(17(21)22-2)8-19-9-15-13(16(19)20)6-4-11-3-5-12(18)7-14(11)15/h3-7H,1,8-9H2,2H3. The zero-order chi connectivity index (χ0) is 15.9. The van der Waals surface area contributed by atoms with Gasteiger partial charge in [0.15, 0.2) is 0 Å². The molecule has 0 fully saturated rings. The molecule has 0 radical (unpaired) electrons. The van der Waals surface area contributed by atoms with Crippen LogP contribution in [-0.2, 0) is 16.1 Å². The summed E-state index contributed by atoms with van der Waals surface area (Å²) < 4.78 is 5.61. The van der Waals surface area contributed by atoms with Crippen LogP contribution in [0.5, 0.6) is 0 Å². The van der Waals surface area contributed by atoms with Gasteiger partial charge in [-0.2, -0.15) is 0 Å². The molecule has 0 aromatic heterocycles. The third kappa shape index (κ3) is 2.41. The van der Waals surface area contributed by atoms with E-state index >= 15 is 0 Å². The Labute approximate surface area is 136 Å². The number of carbonyl (C=O) groups is 2. The molecule has 0 N–H and O–H groups in total. The molecule has 22 heavy (non-hydrogen) atoms. The van der Waals surface area contributed by atoms with Gasteiger partial charge in [-0.15, -0.1) is 0 Å². The summed E-state index contributed by atoms with van der Waals surface area (Å²) in [6, 6.07) is 9.79. The Morgan fingerprint density at radius 2 is 2.09 bits per heavy atom. The molecule has 112 valence electrons. The van der Waals surface area contributed by atoms with Crippen molar-refractivity contribution in [3.63, 3.8) is 0 Å². The van der Waals surface area contributed by atoms with Crippen LogP contribution in [0, 0.1) is 0 Å². The summed E-state index contributed by atoms with van der Waals surface area (Å²) in [4.78, 5) is 25.6. The molecule has 5 heteroatoms. The van der Waals surface area contributed by atoms with Crippen molar-refractivity contribution in [2.75, 3.05) is 13.7 Å². The van der Waals surface area contributed by atoms with Crippen molar-refractivity contribution in [2.45, 2.75) is 6.54 Å². The van der Waals surface area contributed by atoms with Gasteiger partial charge in [-0.05, 0) is 34.5 Å². The number of halogens is 1. The highest BCUT2D eigenvalue weighted by Gasteiger charge is 2.30. The number of ether oxygens (including phenoxy) is 1. The van der Waals surface area contributed by atoms with Crippen molar-refractivity contribution in [3.8, 4) is 0 Å². The lowest BCUT2D eigenvalue weighted by Crippen LogP contribution is -2.28. The molecule has 0 saturated carbocycles. The van der Waals surface area contributed by atoms with Gasteiger partial charge in [0, 0.05) is 22.2 Å². The highest BCUT2D eigenvalue weighted by Crippen LogP contribution is 2.32.